The molecule has 0 fully saturated rings. The number of aromatic nitrogens is 1. The Kier molecular flexibility index (Phi) is 3.47. The molecule has 0 amide bonds. The Morgan fingerprint density at radius 2 is 2.29 bits per heavy atom. The van der Waals surface area contributed by atoms with Gasteiger partial charge in [-0.25, -0.2) is 4.98 Å². The predicted molar refractivity (Wildman–Crippen MR) is 57.4 cm³/mol. The van der Waals surface area contributed by atoms with Crippen LogP contribution < -0.4 is 5.73 Å². The number of hydrogen-bond donors (Lipinski definition) is 1. The summed E-state index contributed by atoms with van der Waals surface area (Å²) in [5.41, 5.74) is 6.40. The number of pyridine rings is 1. The normalized spacial score (nSPS) is 10.6. The molecule has 1 aromatic rings. The van der Waals surface area contributed by atoms with Gasteiger partial charge in [-0.2, -0.15) is 0 Å². The zero-order valence-corrected chi connectivity index (χ0v) is 9.01. The minimum Gasteiger partial charge on any atom is -0.398 e. The molecule has 14 heavy (non-hydrogen) atoms. The van der Waals surface area contributed by atoms with Crippen LogP contribution in [0.5, 0.6) is 0 Å². The Hall–Kier alpha value is -1.09. The Labute approximate surface area is 88.3 Å². The van der Waals surface area contributed by atoms with Gasteiger partial charge >= 0.3 is 0 Å². The molecular weight excluding hydrogens is 200 g/mol. The molecule has 0 saturated heterocycles. The standard InChI is InChI=1S/C10H13ClN2O/c1-6(2)5-8(14)9-7(12)3-4-13-10(9)11/h3-4,6H,5H2,1-2H3,(H2,12,13). The van der Waals surface area contributed by atoms with Crippen molar-refractivity contribution in [1.29, 1.82) is 0 Å². The lowest BCUT2D eigenvalue weighted by atomic mass is 10.0. The lowest BCUT2D eigenvalue weighted by molar-refractivity contribution is 0.0968. The third kappa shape index (κ3) is 2.45. The minimum atomic E-state index is -0.0457. The van der Waals surface area contributed by atoms with Crippen LogP contribution in [0.1, 0.15) is 30.6 Å². The molecule has 0 radical (unpaired) electrons. The van der Waals surface area contributed by atoms with Crippen LogP contribution in [-0.4, -0.2) is 10.8 Å². The molecule has 4 heteroatoms. The van der Waals surface area contributed by atoms with Crippen molar-refractivity contribution >= 4 is 23.1 Å². The van der Waals surface area contributed by atoms with Gasteiger partial charge in [0.05, 0.1) is 5.56 Å². The molecule has 0 saturated carbocycles. The molecule has 3 nitrogen and oxygen atoms in total. The summed E-state index contributed by atoms with van der Waals surface area (Å²) in [5.74, 6) is 0.244. The summed E-state index contributed by atoms with van der Waals surface area (Å²) in [7, 11) is 0. The van der Waals surface area contributed by atoms with Crippen molar-refractivity contribution in [3.05, 3.63) is 23.0 Å². The first-order valence-corrected chi connectivity index (χ1v) is 4.83. The highest BCUT2D eigenvalue weighted by molar-refractivity contribution is 6.33. The fraction of sp³-hybridized carbons (Fsp3) is 0.400. The number of rotatable bonds is 3. The topological polar surface area (TPSA) is 56.0 Å². The average Bonchev–Trinajstić information content (AvgIpc) is 2.01. The summed E-state index contributed by atoms with van der Waals surface area (Å²) in [6.07, 6.45) is 1.93. The second-order valence-corrected chi connectivity index (χ2v) is 3.95. The number of nitrogens with two attached hydrogens (primary N) is 1. The fourth-order valence-corrected chi connectivity index (χ4v) is 1.47. The molecule has 0 aromatic carbocycles. The van der Waals surface area contributed by atoms with Gasteiger partial charge in [0.2, 0.25) is 0 Å². The van der Waals surface area contributed by atoms with Crippen LogP contribution in [0.4, 0.5) is 5.69 Å². The van der Waals surface area contributed by atoms with E-state index >= 15 is 0 Å². The first-order chi connectivity index (χ1) is 6.52. The highest BCUT2D eigenvalue weighted by atomic mass is 35.5. The SMILES string of the molecule is CC(C)CC(=O)c1c(N)ccnc1Cl. The van der Waals surface area contributed by atoms with E-state index in [2.05, 4.69) is 4.98 Å². The van der Waals surface area contributed by atoms with Crippen LogP contribution in [0.3, 0.4) is 0 Å². The molecule has 1 heterocycles. The highest BCUT2D eigenvalue weighted by Crippen LogP contribution is 2.22. The van der Waals surface area contributed by atoms with Gasteiger partial charge in [0.15, 0.2) is 5.78 Å². The Balaban J connectivity index is 3.00. The number of halogens is 1. The van der Waals surface area contributed by atoms with Crippen LogP contribution in [0, 0.1) is 5.92 Å². The zero-order chi connectivity index (χ0) is 10.7. The first kappa shape index (κ1) is 11.0. The highest BCUT2D eigenvalue weighted by Gasteiger charge is 2.15. The van der Waals surface area contributed by atoms with Gasteiger partial charge in [0.25, 0.3) is 0 Å². The number of nitrogens with zero attached hydrogens (tertiary/aromatic N) is 1. The third-order valence-corrected chi connectivity index (χ3v) is 2.10. The first-order valence-electron chi connectivity index (χ1n) is 4.45. The van der Waals surface area contributed by atoms with E-state index < -0.39 is 0 Å². The lowest BCUT2D eigenvalue weighted by Crippen LogP contribution is -2.08. The maximum atomic E-state index is 11.7. The predicted octanol–water partition coefficient (Wildman–Crippen LogP) is 2.55. The summed E-state index contributed by atoms with van der Waals surface area (Å²) in [4.78, 5) is 15.5. The monoisotopic (exact) mass is 212 g/mol. The summed E-state index contributed by atoms with van der Waals surface area (Å²) >= 11 is 5.80. The van der Waals surface area contributed by atoms with Crippen molar-refractivity contribution in [2.24, 2.45) is 5.92 Å². The molecule has 0 atom stereocenters. The molecule has 0 aliphatic carbocycles. The minimum absolute atomic E-state index is 0.0457. The Morgan fingerprint density at radius 3 is 2.79 bits per heavy atom. The van der Waals surface area contributed by atoms with Crippen molar-refractivity contribution in [3.8, 4) is 0 Å². The van der Waals surface area contributed by atoms with Gasteiger partial charge in [-0.05, 0) is 12.0 Å². The van der Waals surface area contributed by atoms with E-state index in [1.807, 2.05) is 13.8 Å². The van der Waals surface area contributed by atoms with Crippen LogP contribution in [0.15, 0.2) is 12.3 Å². The van der Waals surface area contributed by atoms with Crippen LogP contribution in [-0.2, 0) is 0 Å². The fourth-order valence-electron chi connectivity index (χ4n) is 1.20. The molecule has 0 aliphatic heterocycles. The Bertz CT molecular complexity index is 330. The number of nitrogen functional groups attached to an aromatic ring is 1. The number of carbonyl (C=O) groups is 1. The van der Waals surface area contributed by atoms with E-state index in [1.165, 1.54) is 6.20 Å². The summed E-state index contributed by atoms with van der Waals surface area (Å²) in [6.45, 7) is 3.94. The molecule has 2 N–H and O–H groups in total. The Morgan fingerprint density at radius 1 is 1.64 bits per heavy atom. The lowest BCUT2D eigenvalue weighted by Gasteiger charge is -2.07. The molecule has 76 valence electrons. The number of ketones is 1. The second-order valence-electron chi connectivity index (χ2n) is 3.59. The van der Waals surface area contributed by atoms with Gasteiger partial charge in [-0.3, -0.25) is 4.79 Å². The van der Waals surface area contributed by atoms with Crippen LogP contribution >= 0.6 is 11.6 Å². The zero-order valence-electron chi connectivity index (χ0n) is 8.25. The largest absolute Gasteiger partial charge is 0.398 e. The quantitative estimate of drug-likeness (QED) is 0.619. The van der Waals surface area contributed by atoms with Gasteiger partial charge < -0.3 is 5.73 Å². The molecule has 0 unspecified atom stereocenters. The molecule has 0 aliphatic rings. The van der Waals surface area contributed by atoms with Crippen molar-refractivity contribution in [2.45, 2.75) is 20.3 Å². The number of Topliss-reactive ketones (excluding diaryl/α,β-unsaturated/α-hetero) is 1. The maximum Gasteiger partial charge on any atom is 0.168 e. The molecular formula is C10H13ClN2O. The van der Waals surface area contributed by atoms with Gasteiger partial charge in [-0.1, -0.05) is 25.4 Å². The number of anilines is 1. The van der Waals surface area contributed by atoms with Crippen molar-refractivity contribution < 1.29 is 4.79 Å². The number of hydrogen-bond acceptors (Lipinski definition) is 3. The molecule has 1 rings (SSSR count). The van der Waals surface area contributed by atoms with E-state index in [1.54, 1.807) is 6.07 Å². The van der Waals surface area contributed by atoms with Gasteiger partial charge in [0, 0.05) is 18.3 Å². The van der Waals surface area contributed by atoms with Gasteiger partial charge in [-0.15, -0.1) is 0 Å². The second kappa shape index (κ2) is 4.42. The third-order valence-electron chi connectivity index (χ3n) is 1.81. The smallest absolute Gasteiger partial charge is 0.168 e. The maximum absolute atomic E-state index is 11.7. The molecule has 0 bridgehead atoms. The van der Waals surface area contributed by atoms with E-state index in [9.17, 15) is 4.79 Å². The molecule has 1 aromatic heterocycles. The summed E-state index contributed by atoms with van der Waals surface area (Å²) in [6, 6.07) is 1.58. The average molecular weight is 213 g/mol. The van der Waals surface area contributed by atoms with E-state index in [0.717, 1.165) is 0 Å². The number of carbonyl (C=O) groups excluding carboxylic acids is 1. The summed E-state index contributed by atoms with van der Waals surface area (Å²) < 4.78 is 0. The molecule has 0 spiro atoms. The van der Waals surface area contributed by atoms with Crippen LogP contribution in [0.2, 0.25) is 5.15 Å². The van der Waals surface area contributed by atoms with Crippen molar-refractivity contribution in [1.82, 2.24) is 4.98 Å². The van der Waals surface area contributed by atoms with Gasteiger partial charge in [0.1, 0.15) is 5.15 Å². The van der Waals surface area contributed by atoms with E-state index in [4.69, 9.17) is 17.3 Å². The summed E-state index contributed by atoms with van der Waals surface area (Å²) in [5, 5.41) is 0.190. The van der Waals surface area contributed by atoms with E-state index in [0.29, 0.717) is 17.7 Å². The van der Waals surface area contributed by atoms with E-state index in [-0.39, 0.29) is 16.9 Å². The van der Waals surface area contributed by atoms with Crippen molar-refractivity contribution in [2.75, 3.05) is 5.73 Å². The van der Waals surface area contributed by atoms with Crippen LogP contribution in [0.25, 0.3) is 0 Å². The van der Waals surface area contributed by atoms with Crippen molar-refractivity contribution in [3.63, 3.8) is 0 Å².